The Hall–Kier alpha value is -1.01. The van der Waals surface area contributed by atoms with Crippen LogP contribution < -0.4 is 5.73 Å². The van der Waals surface area contributed by atoms with Crippen LogP contribution in [0.25, 0.3) is 0 Å². The van der Waals surface area contributed by atoms with E-state index in [2.05, 4.69) is 5.92 Å². The number of hydrogen-bond donors (Lipinski definition) is 1. The SMILES string of the molecule is C#CCN(CCC)C(=O)[C@@H](N)C(C)C. The Balaban J connectivity index is 4.36. The van der Waals surface area contributed by atoms with Gasteiger partial charge in [0.1, 0.15) is 0 Å². The second-order valence-corrected chi connectivity index (χ2v) is 3.73. The lowest BCUT2D eigenvalue weighted by atomic mass is 10.0. The lowest BCUT2D eigenvalue weighted by Gasteiger charge is -2.25. The van der Waals surface area contributed by atoms with Crippen molar-refractivity contribution in [2.24, 2.45) is 11.7 Å². The van der Waals surface area contributed by atoms with Crippen molar-refractivity contribution in [1.29, 1.82) is 0 Å². The quantitative estimate of drug-likeness (QED) is 0.662. The van der Waals surface area contributed by atoms with E-state index in [1.807, 2.05) is 20.8 Å². The Morgan fingerprint density at radius 1 is 1.57 bits per heavy atom. The molecule has 0 aliphatic carbocycles. The number of nitrogens with zero attached hydrogens (tertiary/aromatic N) is 1. The zero-order chi connectivity index (χ0) is 11.1. The van der Waals surface area contributed by atoms with E-state index in [-0.39, 0.29) is 11.8 Å². The molecule has 0 unspecified atom stereocenters. The van der Waals surface area contributed by atoms with Gasteiger partial charge >= 0.3 is 0 Å². The van der Waals surface area contributed by atoms with Crippen molar-refractivity contribution in [1.82, 2.24) is 4.90 Å². The number of carbonyl (C=O) groups is 1. The van der Waals surface area contributed by atoms with Crippen molar-refractivity contribution >= 4 is 5.91 Å². The van der Waals surface area contributed by atoms with Gasteiger partial charge in [-0.2, -0.15) is 0 Å². The molecule has 3 heteroatoms. The maximum Gasteiger partial charge on any atom is 0.240 e. The van der Waals surface area contributed by atoms with Crippen LogP contribution >= 0.6 is 0 Å². The van der Waals surface area contributed by atoms with E-state index in [4.69, 9.17) is 12.2 Å². The Morgan fingerprint density at radius 2 is 2.14 bits per heavy atom. The molecule has 0 bridgehead atoms. The van der Waals surface area contributed by atoms with Crippen molar-refractivity contribution in [2.45, 2.75) is 33.2 Å². The van der Waals surface area contributed by atoms with E-state index >= 15 is 0 Å². The van der Waals surface area contributed by atoms with Gasteiger partial charge in [-0.25, -0.2) is 0 Å². The molecule has 80 valence electrons. The number of terminal acetylenes is 1. The second-order valence-electron chi connectivity index (χ2n) is 3.73. The number of carbonyl (C=O) groups excluding carboxylic acids is 1. The monoisotopic (exact) mass is 196 g/mol. The van der Waals surface area contributed by atoms with Gasteiger partial charge < -0.3 is 10.6 Å². The standard InChI is InChI=1S/C11H20N2O/c1-5-7-13(8-6-2)11(14)10(12)9(3)4/h1,9-10H,6-8,12H2,2-4H3/t10-/m0/s1. The van der Waals surface area contributed by atoms with Gasteiger partial charge in [-0.15, -0.1) is 6.42 Å². The van der Waals surface area contributed by atoms with Crippen LogP contribution in [-0.4, -0.2) is 29.9 Å². The Morgan fingerprint density at radius 3 is 2.50 bits per heavy atom. The largest absolute Gasteiger partial charge is 0.330 e. The van der Waals surface area contributed by atoms with Gasteiger partial charge in [0.05, 0.1) is 12.6 Å². The molecule has 1 atom stereocenters. The highest BCUT2D eigenvalue weighted by atomic mass is 16.2. The molecule has 3 nitrogen and oxygen atoms in total. The van der Waals surface area contributed by atoms with Crippen LogP contribution in [0.4, 0.5) is 0 Å². The average Bonchev–Trinajstić information content (AvgIpc) is 2.15. The summed E-state index contributed by atoms with van der Waals surface area (Å²) < 4.78 is 0. The maximum absolute atomic E-state index is 11.8. The minimum atomic E-state index is -0.435. The van der Waals surface area contributed by atoms with Crippen LogP contribution in [0.3, 0.4) is 0 Å². The minimum Gasteiger partial charge on any atom is -0.330 e. The third-order valence-corrected chi connectivity index (χ3v) is 2.09. The van der Waals surface area contributed by atoms with Crippen LogP contribution in [-0.2, 0) is 4.79 Å². The molecule has 0 heterocycles. The molecule has 0 radical (unpaired) electrons. The molecule has 0 aromatic rings. The summed E-state index contributed by atoms with van der Waals surface area (Å²) >= 11 is 0. The predicted molar refractivity (Wildman–Crippen MR) is 58.5 cm³/mol. The van der Waals surface area contributed by atoms with E-state index in [1.54, 1.807) is 4.90 Å². The zero-order valence-corrected chi connectivity index (χ0v) is 9.29. The van der Waals surface area contributed by atoms with E-state index in [0.717, 1.165) is 6.42 Å². The highest BCUT2D eigenvalue weighted by Gasteiger charge is 2.22. The van der Waals surface area contributed by atoms with Crippen LogP contribution in [0, 0.1) is 18.3 Å². The molecule has 0 aliphatic rings. The smallest absolute Gasteiger partial charge is 0.240 e. The van der Waals surface area contributed by atoms with Crippen LogP contribution in [0.5, 0.6) is 0 Å². The number of nitrogens with two attached hydrogens (primary N) is 1. The third kappa shape index (κ3) is 3.80. The Kier molecular flexibility index (Phi) is 5.98. The highest BCUT2D eigenvalue weighted by Crippen LogP contribution is 2.03. The van der Waals surface area contributed by atoms with E-state index in [0.29, 0.717) is 13.1 Å². The third-order valence-electron chi connectivity index (χ3n) is 2.09. The van der Waals surface area contributed by atoms with Crippen LogP contribution in [0.1, 0.15) is 27.2 Å². The first-order chi connectivity index (χ1) is 6.54. The van der Waals surface area contributed by atoms with Crippen LogP contribution in [0.2, 0.25) is 0 Å². The molecule has 1 amide bonds. The van der Waals surface area contributed by atoms with Gasteiger partial charge in [-0.1, -0.05) is 26.7 Å². The first-order valence-electron chi connectivity index (χ1n) is 5.02. The molecule has 0 rings (SSSR count). The first kappa shape index (κ1) is 13.0. The number of amides is 1. The summed E-state index contributed by atoms with van der Waals surface area (Å²) in [6.45, 7) is 6.92. The second kappa shape index (κ2) is 6.44. The Bertz CT molecular complexity index is 218. The molecular weight excluding hydrogens is 176 g/mol. The molecule has 0 aromatic heterocycles. The highest BCUT2D eigenvalue weighted by molar-refractivity contribution is 5.82. The summed E-state index contributed by atoms with van der Waals surface area (Å²) in [6.07, 6.45) is 6.09. The average molecular weight is 196 g/mol. The maximum atomic E-state index is 11.8. The van der Waals surface area contributed by atoms with Gasteiger partial charge in [-0.05, 0) is 12.3 Å². The molecular formula is C11H20N2O. The van der Waals surface area contributed by atoms with Crippen molar-refractivity contribution in [3.8, 4) is 12.3 Å². The molecule has 2 N–H and O–H groups in total. The van der Waals surface area contributed by atoms with E-state index in [1.165, 1.54) is 0 Å². The van der Waals surface area contributed by atoms with Gasteiger partial charge in [0, 0.05) is 6.54 Å². The summed E-state index contributed by atoms with van der Waals surface area (Å²) in [7, 11) is 0. The first-order valence-corrected chi connectivity index (χ1v) is 5.02. The van der Waals surface area contributed by atoms with Crippen LogP contribution in [0.15, 0.2) is 0 Å². The fourth-order valence-electron chi connectivity index (χ4n) is 1.14. The zero-order valence-electron chi connectivity index (χ0n) is 9.29. The summed E-state index contributed by atoms with van der Waals surface area (Å²) in [5, 5.41) is 0. The summed E-state index contributed by atoms with van der Waals surface area (Å²) in [4.78, 5) is 13.4. The fourth-order valence-corrected chi connectivity index (χ4v) is 1.14. The summed E-state index contributed by atoms with van der Waals surface area (Å²) in [6, 6.07) is -0.435. The lowest BCUT2D eigenvalue weighted by molar-refractivity contribution is -0.132. The van der Waals surface area contributed by atoms with Crippen molar-refractivity contribution < 1.29 is 4.79 Å². The topological polar surface area (TPSA) is 46.3 Å². The molecule has 0 aromatic carbocycles. The van der Waals surface area contributed by atoms with E-state index in [9.17, 15) is 4.79 Å². The lowest BCUT2D eigenvalue weighted by Crippen LogP contribution is -2.46. The number of hydrogen-bond acceptors (Lipinski definition) is 2. The number of rotatable bonds is 5. The molecule has 0 saturated carbocycles. The molecule has 0 spiro atoms. The molecule has 0 aliphatic heterocycles. The van der Waals surface area contributed by atoms with Crippen molar-refractivity contribution in [3.63, 3.8) is 0 Å². The fraction of sp³-hybridized carbons (Fsp3) is 0.727. The van der Waals surface area contributed by atoms with Gasteiger partial charge in [0.15, 0.2) is 0 Å². The summed E-state index contributed by atoms with van der Waals surface area (Å²) in [5.41, 5.74) is 5.76. The molecule has 0 fully saturated rings. The molecule has 14 heavy (non-hydrogen) atoms. The van der Waals surface area contributed by atoms with Crippen molar-refractivity contribution in [3.05, 3.63) is 0 Å². The van der Waals surface area contributed by atoms with Gasteiger partial charge in [0.25, 0.3) is 0 Å². The van der Waals surface area contributed by atoms with Crippen molar-refractivity contribution in [2.75, 3.05) is 13.1 Å². The Labute approximate surface area is 86.6 Å². The normalized spacial score (nSPS) is 12.3. The van der Waals surface area contributed by atoms with Gasteiger partial charge in [0.2, 0.25) is 5.91 Å². The minimum absolute atomic E-state index is 0.0419. The summed E-state index contributed by atoms with van der Waals surface area (Å²) in [5.74, 6) is 2.59. The van der Waals surface area contributed by atoms with E-state index < -0.39 is 6.04 Å². The molecule has 0 saturated heterocycles. The predicted octanol–water partition coefficient (Wildman–Crippen LogP) is 0.841. The van der Waals surface area contributed by atoms with Gasteiger partial charge in [-0.3, -0.25) is 4.79 Å².